The molecule has 0 saturated heterocycles. The van der Waals surface area contributed by atoms with Gasteiger partial charge in [-0.05, 0) is 13.0 Å². The van der Waals surface area contributed by atoms with Crippen molar-refractivity contribution >= 4 is 5.91 Å². The van der Waals surface area contributed by atoms with Gasteiger partial charge in [-0.25, -0.2) is 0 Å². The van der Waals surface area contributed by atoms with Gasteiger partial charge in [0.15, 0.2) is 0 Å². The fourth-order valence-corrected chi connectivity index (χ4v) is 1.15. The molecule has 5 heteroatoms. The van der Waals surface area contributed by atoms with Crippen molar-refractivity contribution in [2.75, 3.05) is 13.7 Å². The highest BCUT2D eigenvalue weighted by molar-refractivity contribution is 5.75. The third-order valence-corrected chi connectivity index (χ3v) is 1.69. The largest absolute Gasteiger partial charge is 0.383 e. The smallest absolute Gasteiger partial charge is 0.242 e. The molecule has 0 aliphatic rings. The van der Waals surface area contributed by atoms with Crippen molar-refractivity contribution in [1.29, 1.82) is 0 Å². The van der Waals surface area contributed by atoms with E-state index in [0.717, 1.165) is 0 Å². The van der Waals surface area contributed by atoms with Crippen molar-refractivity contribution < 1.29 is 9.53 Å². The molecule has 1 atom stereocenters. The van der Waals surface area contributed by atoms with Crippen LogP contribution in [0.5, 0.6) is 0 Å². The zero-order chi connectivity index (χ0) is 10.4. The molecule has 0 bridgehead atoms. The molecule has 0 aromatic carbocycles. The van der Waals surface area contributed by atoms with E-state index in [1.807, 2.05) is 6.92 Å². The highest BCUT2D eigenvalue weighted by Gasteiger charge is 2.06. The van der Waals surface area contributed by atoms with Gasteiger partial charge in [0.25, 0.3) is 0 Å². The molecule has 0 radical (unpaired) electrons. The summed E-state index contributed by atoms with van der Waals surface area (Å²) in [6.07, 6.45) is 3.40. The SMILES string of the molecule is COCC(C)NC(=O)Cn1cccn1. The van der Waals surface area contributed by atoms with Crippen LogP contribution in [0.4, 0.5) is 0 Å². The molecule has 0 saturated carbocycles. The summed E-state index contributed by atoms with van der Waals surface area (Å²) in [4.78, 5) is 11.4. The number of hydrogen-bond acceptors (Lipinski definition) is 3. The van der Waals surface area contributed by atoms with Gasteiger partial charge < -0.3 is 10.1 Å². The molecule has 1 unspecified atom stereocenters. The summed E-state index contributed by atoms with van der Waals surface area (Å²) < 4.78 is 6.48. The van der Waals surface area contributed by atoms with Crippen molar-refractivity contribution in [3.05, 3.63) is 18.5 Å². The molecule has 5 nitrogen and oxygen atoms in total. The first-order chi connectivity index (χ1) is 6.72. The van der Waals surface area contributed by atoms with Gasteiger partial charge in [-0.15, -0.1) is 0 Å². The van der Waals surface area contributed by atoms with Crippen molar-refractivity contribution in [1.82, 2.24) is 15.1 Å². The fourth-order valence-electron chi connectivity index (χ4n) is 1.15. The van der Waals surface area contributed by atoms with E-state index >= 15 is 0 Å². The number of rotatable bonds is 5. The number of amides is 1. The monoisotopic (exact) mass is 197 g/mol. The van der Waals surface area contributed by atoms with E-state index in [4.69, 9.17) is 4.74 Å². The molecule has 1 aromatic heterocycles. The van der Waals surface area contributed by atoms with Crippen LogP contribution in [0, 0.1) is 0 Å². The maximum atomic E-state index is 11.4. The van der Waals surface area contributed by atoms with E-state index in [9.17, 15) is 4.79 Å². The Kier molecular flexibility index (Phi) is 4.12. The normalized spacial score (nSPS) is 12.4. The Morgan fingerprint density at radius 1 is 1.71 bits per heavy atom. The maximum Gasteiger partial charge on any atom is 0.242 e. The summed E-state index contributed by atoms with van der Waals surface area (Å²) >= 11 is 0. The van der Waals surface area contributed by atoms with Crippen molar-refractivity contribution in [3.63, 3.8) is 0 Å². The van der Waals surface area contributed by atoms with Gasteiger partial charge in [-0.2, -0.15) is 5.10 Å². The summed E-state index contributed by atoms with van der Waals surface area (Å²) in [6.45, 7) is 2.66. The van der Waals surface area contributed by atoms with E-state index in [-0.39, 0.29) is 18.5 Å². The molecule has 14 heavy (non-hydrogen) atoms. The van der Waals surface area contributed by atoms with Gasteiger partial charge in [-0.3, -0.25) is 9.48 Å². The van der Waals surface area contributed by atoms with Crippen LogP contribution in [0.25, 0.3) is 0 Å². The highest BCUT2D eigenvalue weighted by Crippen LogP contribution is 1.87. The molecule has 1 amide bonds. The molecule has 0 aliphatic carbocycles. The lowest BCUT2D eigenvalue weighted by atomic mass is 10.3. The number of carbonyl (C=O) groups excluding carboxylic acids is 1. The second kappa shape index (κ2) is 5.39. The number of methoxy groups -OCH3 is 1. The molecule has 0 aliphatic heterocycles. The lowest BCUT2D eigenvalue weighted by Crippen LogP contribution is -2.37. The van der Waals surface area contributed by atoms with Crippen LogP contribution in [0.3, 0.4) is 0 Å². The molecule has 1 aromatic rings. The molecule has 0 fully saturated rings. The first kappa shape index (κ1) is 10.7. The predicted molar refractivity (Wildman–Crippen MR) is 51.7 cm³/mol. The maximum absolute atomic E-state index is 11.4. The van der Waals surface area contributed by atoms with Crippen LogP contribution in [0.2, 0.25) is 0 Å². The summed E-state index contributed by atoms with van der Waals surface area (Å²) in [5.74, 6) is -0.0572. The summed E-state index contributed by atoms with van der Waals surface area (Å²) in [7, 11) is 1.61. The van der Waals surface area contributed by atoms with Gasteiger partial charge >= 0.3 is 0 Å². The topological polar surface area (TPSA) is 56.1 Å². The third kappa shape index (κ3) is 3.57. The van der Waals surface area contributed by atoms with Gasteiger partial charge in [0.1, 0.15) is 6.54 Å². The van der Waals surface area contributed by atoms with Crippen molar-refractivity contribution in [2.24, 2.45) is 0 Å². The number of hydrogen-bond donors (Lipinski definition) is 1. The first-order valence-electron chi connectivity index (χ1n) is 4.48. The van der Waals surface area contributed by atoms with E-state index < -0.39 is 0 Å². The lowest BCUT2D eigenvalue weighted by molar-refractivity contribution is -0.122. The van der Waals surface area contributed by atoms with Gasteiger partial charge in [0.05, 0.1) is 6.61 Å². The van der Waals surface area contributed by atoms with E-state index in [1.54, 1.807) is 30.3 Å². The highest BCUT2D eigenvalue weighted by atomic mass is 16.5. The molecule has 0 spiro atoms. The summed E-state index contributed by atoms with van der Waals surface area (Å²) in [5.41, 5.74) is 0. The second-order valence-electron chi connectivity index (χ2n) is 3.13. The Hall–Kier alpha value is -1.36. The molecule has 1 rings (SSSR count). The quantitative estimate of drug-likeness (QED) is 0.724. The number of nitrogens with zero attached hydrogens (tertiary/aromatic N) is 2. The molecular weight excluding hydrogens is 182 g/mol. The van der Waals surface area contributed by atoms with Crippen LogP contribution < -0.4 is 5.32 Å². The Balaban J connectivity index is 2.29. The third-order valence-electron chi connectivity index (χ3n) is 1.69. The van der Waals surface area contributed by atoms with E-state index in [0.29, 0.717) is 6.61 Å². The van der Waals surface area contributed by atoms with Crippen LogP contribution >= 0.6 is 0 Å². The Morgan fingerprint density at radius 2 is 2.50 bits per heavy atom. The number of nitrogens with one attached hydrogen (secondary N) is 1. The van der Waals surface area contributed by atoms with Crippen LogP contribution in [-0.2, 0) is 16.1 Å². The Bertz CT molecular complexity index is 272. The zero-order valence-corrected chi connectivity index (χ0v) is 8.43. The van der Waals surface area contributed by atoms with Gasteiger partial charge in [0, 0.05) is 25.5 Å². The minimum absolute atomic E-state index is 0.0306. The summed E-state index contributed by atoms with van der Waals surface area (Å²) in [5, 5.41) is 6.73. The average Bonchev–Trinajstić information content (AvgIpc) is 2.56. The molecule has 1 N–H and O–H groups in total. The van der Waals surface area contributed by atoms with Crippen LogP contribution in [0.1, 0.15) is 6.92 Å². The number of carbonyl (C=O) groups is 1. The van der Waals surface area contributed by atoms with Gasteiger partial charge in [-0.1, -0.05) is 0 Å². The van der Waals surface area contributed by atoms with E-state index in [2.05, 4.69) is 10.4 Å². The Morgan fingerprint density at radius 3 is 3.07 bits per heavy atom. The standard InChI is InChI=1S/C9H15N3O2/c1-8(7-14-2)11-9(13)6-12-5-3-4-10-12/h3-5,8H,6-7H2,1-2H3,(H,11,13). The summed E-state index contributed by atoms with van der Waals surface area (Å²) in [6, 6.07) is 1.81. The van der Waals surface area contributed by atoms with Crippen LogP contribution in [0.15, 0.2) is 18.5 Å². The van der Waals surface area contributed by atoms with Crippen LogP contribution in [-0.4, -0.2) is 35.4 Å². The Labute approximate surface area is 83.1 Å². The van der Waals surface area contributed by atoms with E-state index in [1.165, 1.54) is 0 Å². The van der Waals surface area contributed by atoms with Gasteiger partial charge in [0.2, 0.25) is 5.91 Å². The number of aromatic nitrogens is 2. The van der Waals surface area contributed by atoms with Crippen molar-refractivity contribution in [2.45, 2.75) is 19.5 Å². The minimum atomic E-state index is -0.0572. The molecule has 1 heterocycles. The first-order valence-corrected chi connectivity index (χ1v) is 4.48. The average molecular weight is 197 g/mol. The minimum Gasteiger partial charge on any atom is -0.383 e. The molecule has 78 valence electrons. The van der Waals surface area contributed by atoms with Crippen molar-refractivity contribution in [3.8, 4) is 0 Å². The number of ether oxygens (including phenoxy) is 1. The fraction of sp³-hybridized carbons (Fsp3) is 0.556. The molecular formula is C9H15N3O2. The zero-order valence-electron chi connectivity index (χ0n) is 8.43. The second-order valence-corrected chi connectivity index (χ2v) is 3.13. The predicted octanol–water partition coefficient (Wildman–Crippen LogP) is 0.0342. The lowest BCUT2D eigenvalue weighted by Gasteiger charge is -2.12.